The van der Waals surface area contributed by atoms with E-state index >= 15 is 0 Å². The molecule has 1 aromatic heterocycles. The third-order valence-electron chi connectivity index (χ3n) is 2.50. The Balaban J connectivity index is 2.23. The third-order valence-corrected chi connectivity index (χ3v) is 2.50. The zero-order chi connectivity index (χ0) is 11.7. The summed E-state index contributed by atoms with van der Waals surface area (Å²) in [5.41, 5.74) is 4.74. The highest BCUT2D eigenvalue weighted by atomic mass is 19.1. The van der Waals surface area contributed by atoms with Gasteiger partial charge in [0.2, 0.25) is 0 Å². The number of anilines is 1. The number of hydrogen-bond acceptors (Lipinski definition) is 5. The maximum Gasteiger partial charge on any atom is 0.351 e. The minimum absolute atomic E-state index is 0.0245. The molecule has 3 N–H and O–H groups in total. The Morgan fingerprint density at radius 2 is 2.50 bits per heavy atom. The van der Waals surface area contributed by atoms with Gasteiger partial charge in [0, 0.05) is 12.6 Å². The van der Waals surface area contributed by atoms with Crippen LogP contribution in [0.5, 0.6) is 0 Å². The van der Waals surface area contributed by atoms with E-state index in [-0.39, 0.29) is 12.2 Å². The van der Waals surface area contributed by atoms with Crippen molar-refractivity contribution in [2.75, 3.05) is 12.3 Å². The van der Waals surface area contributed by atoms with E-state index in [9.17, 15) is 9.18 Å². The standard InChI is InChI=1S/C9H12FN3O3/c10-5-3-8(16-6(5)4-14)13-2-1-7(11)12-9(13)15/h1-2,5-6,8,14H,3-4H2,(H2,11,12,15)/t5-,6+,8+/m1/s1. The molecule has 88 valence electrons. The molecule has 0 aromatic carbocycles. The quantitative estimate of drug-likeness (QED) is 0.709. The van der Waals surface area contributed by atoms with Gasteiger partial charge in [0.1, 0.15) is 24.3 Å². The minimum Gasteiger partial charge on any atom is -0.394 e. The van der Waals surface area contributed by atoms with Crippen molar-refractivity contribution in [2.24, 2.45) is 0 Å². The van der Waals surface area contributed by atoms with Crippen LogP contribution in [-0.2, 0) is 4.74 Å². The number of nitrogens with two attached hydrogens (primary N) is 1. The molecule has 16 heavy (non-hydrogen) atoms. The van der Waals surface area contributed by atoms with Gasteiger partial charge in [0.05, 0.1) is 6.61 Å². The molecular weight excluding hydrogens is 217 g/mol. The first-order valence-corrected chi connectivity index (χ1v) is 4.87. The summed E-state index contributed by atoms with van der Waals surface area (Å²) in [5, 5.41) is 8.83. The van der Waals surface area contributed by atoms with E-state index in [1.807, 2.05) is 0 Å². The van der Waals surface area contributed by atoms with Crippen LogP contribution in [0.15, 0.2) is 17.1 Å². The zero-order valence-electron chi connectivity index (χ0n) is 8.41. The summed E-state index contributed by atoms with van der Waals surface area (Å²) < 4.78 is 19.6. The lowest BCUT2D eigenvalue weighted by Crippen LogP contribution is -2.27. The second-order valence-electron chi connectivity index (χ2n) is 3.61. The van der Waals surface area contributed by atoms with Crippen LogP contribution in [0, 0.1) is 0 Å². The van der Waals surface area contributed by atoms with Crippen molar-refractivity contribution in [3.8, 4) is 0 Å². The predicted molar refractivity (Wildman–Crippen MR) is 53.4 cm³/mol. The number of aliphatic hydroxyl groups excluding tert-OH is 1. The number of nitrogen functional groups attached to an aromatic ring is 1. The van der Waals surface area contributed by atoms with E-state index in [0.29, 0.717) is 0 Å². The Hall–Kier alpha value is -1.47. The van der Waals surface area contributed by atoms with Crippen LogP contribution in [0.3, 0.4) is 0 Å². The van der Waals surface area contributed by atoms with Crippen molar-refractivity contribution in [1.82, 2.24) is 9.55 Å². The Kier molecular flexibility index (Phi) is 2.88. The van der Waals surface area contributed by atoms with Crippen LogP contribution in [0.1, 0.15) is 12.6 Å². The van der Waals surface area contributed by atoms with Crippen LogP contribution in [0.25, 0.3) is 0 Å². The maximum absolute atomic E-state index is 13.3. The summed E-state index contributed by atoms with van der Waals surface area (Å²) in [6.07, 6.45) is -1.46. The smallest absolute Gasteiger partial charge is 0.351 e. The molecular formula is C9H12FN3O3. The largest absolute Gasteiger partial charge is 0.394 e. The molecule has 0 aliphatic carbocycles. The van der Waals surface area contributed by atoms with Gasteiger partial charge in [-0.05, 0) is 6.07 Å². The highest BCUT2D eigenvalue weighted by Crippen LogP contribution is 2.29. The number of nitrogens with zero attached hydrogens (tertiary/aromatic N) is 2. The molecule has 0 bridgehead atoms. The molecule has 6 nitrogen and oxygen atoms in total. The Morgan fingerprint density at radius 1 is 1.75 bits per heavy atom. The van der Waals surface area contributed by atoms with Gasteiger partial charge in [0.15, 0.2) is 0 Å². The van der Waals surface area contributed by atoms with Gasteiger partial charge < -0.3 is 15.6 Å². The van der Waals surface area contributed by atoms with Crippen molar-refractivity contribution >= 4 is 5.82 Å². The molecule has 0 spiro atoms. The normalized spacial score (nSPS) is 29.5. The average Bonchev–Trinajstić information content (AvgIpc) is 2.59. The van der Waals surface area contributed by atoms with Crippen molar-refractivity contribution < 1.29 is 14.2 Å². The van der Waals surface area contributed by atoms with Gasteiger partial charge in [-0.3, -0.25) is 4.57 Å². The van der Waals surface area contributed by atoms with Crippen LogP contribution < -0.4 is 11.4 Å². The topological polar surface area (TPSA) is 90.4 Å². The molecule has 1 aliphatic rings. The van der Waals surface area contributed by atoms with E-state index in [1.54, 1.807) is 0 Å². The Bertz CT molecular complexity index is 436. The first kappa shape index (κ1) is 11.0. The van der Waals surface area contributed by atoms with Crippen molar-refractivity contribution in [3.63, 3.8) is 0 Å². The summed E-state index contributed by atoms with van der Waals surface area (Å²) >= 11 is 0. The van der Waals surface area contributed by atoms with E-state index in [2.05, 4.69) is 4.98 Å². The molecule has 2 rings (SSSR count). The summed E-state index contributed by atoms with van der Waals surface area (Å²) in [4.78, 5) is 14.9. The first-order valence-electron chi connectivity index (χ1n) is 4.87. The highest BCUT2D eigenvalue weighted by molar-refractivity contribution is 5.23. The molecule has 1 saturated heterocycles. The highest BCUT2D eigenvalue weighted by Gasteiger charge is 2.36. The number of alkyl halides is 1. The molecule has 7 heteroatoms. The monoisotopic (exact) mass is 229 g/mol. The molecule has 0 saturated carbocycles. The molecule has 0 radical (unpaired) electrons. The first-order chi connectivity index (χ1) is 7.61. The number of halogens is 1. The van der Waals surface area contributed by atoms with E-state index < -0.39 is 30.8 Å². The van der Waals surface area contributed by atoms with Gasteiger partial charge in [-0.25, -0.2) is 9.18 Å². The van der Waals surface area contributed by atoms with Gasteiger partial charge >= 0.3 is 5.69 Å². The number of aliphatic hydroxyl groups is 1. The van der Waals surface area contributed by atoms with Gasteiger partial charge in [-0.1, -0.05) is 0 Å². The number of hydrogen-bond donors (Lipinski definition) is 2. The summed E-state index contributed by atoms with van der Waals surface area (Å²) in [7, 11) is 0. The van der Waals surface area contributed by atoms with E-state index in [1.165, 1.54) is 16.8 Å². The van der Waals surface area contributed by atoms with E-state index in [4.69, 9.17) is 15.6 Å². The molecule has 0 amide bonds. The lowest BCUT2D eigenvalue weighted by Gasteiger charge is -2.13. The number of rotatable bonds is 2. The van der Waals surface area contributed by atoms with Crippen molar-refractivity contribution in [2.45, 2.75) is 24.9 Å². The van der Waals surface area contributed by atoms with Crippen molar-refractivity contribution in [1.29, 1.82) is 0 Å². The van der Waals surface area contributed by atoms with E-state index in [0.717, 1.165) is 0 Å². The third kappa shape index (κ3) is 1.91. The van der Waals surface area contributed by atoms with Gasteiger partial charge in [-0.15, -0.1) is 0 Å². The second-order valence-corrected chi connectivity index (χ2v) is 3.61. The molecule has 2 heterocycles. The van der Waals surface area contributed by atoms with Crippen LogP contribution >= 0.6 is 0 Å². The van der Waals surface area contributed by atoms with Crippen LogP contribution in [0.4, 0.5) is 10.2 Å². The Morgan fingerprint density at radius 3 is 3.06 bits per heavy atom. The SMILES string of the molecule is Nc1ccn([C@@H]2C[C@@H](F)[C@H](CO)O2)c(=O)n1. The van der Waals surface area contributed by atoms with Crippen LogP contribution in [-0.4, -0.2) is 33.5 Å². The average molecular weight is 229 g/mol. The molecule has 1 aromatic rings. The number of aromatic nitrogens is 2. The fourth-order valence-corrected chi connectivity index (χ4v) is 1.67. The number of ether oxygens (including phenoxy) is 1. The predicted octanol–water partition coefficient (Wildman–Crippen LogP) is -0.557. The summed E-state index contributed by atoms with van der Waals surface area (Å²) in [6.45, 7) is -0.408. The van der Waals surface area contributed by atoms with Crippen molar-refractivity contribution in [3.05, 3.63) is 22.7 Å². The molecule has 3 atom stereocenters. The fourth-order valence-electron chi connectivity index (χ4n) is 1.67. The molecule has 1 aliphatic heterocycles. The lowest BCUT2D eigenvalue weighted by molar-refractivity contribution is -0.0355. The summed E-state index contributed by atoms with van der Waals surface area (Å²) in [5.74, 6) is 0.106. The lowest BCUT2D eigenvalue weighted by atomic mass is 10.2. The van der Waals surface area contributed by atoms with Gasteiger partial charge in [0.25, 0.3) is 0 Å². The molecule has 1 fully saturated rings. The fraction of sp³-hybridized carbons (Fsp3) is 0.556. The van der Waals surface area contributed by atoms with Crippen LogP contribution in [0.2, 0.25) is 0 Å². The van der Waals surface area contributed by atoms with Gasteiger partial charge in [-0.2, -0.15) is 4.98 Å². The second kappa shape index (κ2) is 4.18. The zero-order valence-corrected chi connectivity index (χ0v) is 8.41. The minimum atomic E-state index is -1.28. The maximum atomic E-state index is 13.3. The molecule has 0 unspecified atom stereocenters. The summed E-state index contributed by atoms with van der Waals surface area (Å²) in [6, 6.07) is 1.43. The Labute approximate surface area is 90.5 Å².